The number of urea groups is 1. The Morgan fingerprint density at radius 2 is 1.97 bits per heavy atom. The minimum atomic E-state index is -0.413. The number of pyridine rings is 2. The maximum absolute atomic E-state index is 12.4. The summed E-state index contributed by atoms with van der Waals surface area (Å²) in [5.41, 5.74) is 1.78. The zero-order valence-corrected chi connectivity index (χ0v) is 19.1. The molecule has 0 spiro atoms. The van der Waals surface area contributed by atoms with Gasteiger partial charge in [0.05, 0.1) is 12.5 Å². The zero-order chi connectivity index (χ0) is 23.0. The number of amides is 2. The summed E-state index contributed by atoms with van der Waals surface area (Å²) >= 11 is 1.44. The summed E-state index contributed by atoms with van der Waals surface area (Å²) < 4.78 is 5.17. The van der Waals surface area contributed by atoms with Gasteiger partial charge in [0.1, 0.15) is 16.6 Å². The average Bonchev–Trinajstić information content (AvgIpc) is 3.28. The molecule has 1 aliphatic heterocycles. The van der Waals surface area contributed by atoms with E-state index < -0.39 is 6.03 Å². The van der Waals surface area contributed by atoms with Crippen LogP contribution in [0.3, 0.4) is 0 Å². The number of rotatable bonds is 7. The molecule has 4 rings (SSSR count). The van der Waals surface area contributed by atoms with Gasteiger partial charge in [-0.25, -0.2) is 14.8 Å². The van der Waals surface area contributed by atoms with Gasteiger partial charge >= 0.3 is 12.0 Å². The van der Waals surface area contributed by atoms with Gasteiger partial charge in [0.25, 0.3) is 0 Å². The molecule has 1 fully saturated rings. The van der Waals surface area contributed by atoms with Crippen molar-refractivity contribution in [2.24, 2.45) is 5.92 Å². The molecule has 1 saturated heterocycles. The van der Waals surface area contributed by atoms with Gasteiger partial charge in [-0.05, 0) is 50.6 Å². The van der Waals surface area contributed by atoms with Gasteiger partial charge in [-0.3, -0.25) is 20.4 Å². The van der Waals surface area contributed by atoms with E-state index in [9.17, 15) is 9.59 Å². The van der Waals surface area contributed by atoms with E-state index in [1.54, 1.807) is 23.8 Å². The van der Waals surface area contributed by atoms with Crippen molar-refractivity contribution in [2.75, 3.05) is 23.8 Å². The molecule has 1 aliphatic rings. The molecular formula is C23H26N6O3S. The number of aromatic nitrogens is 3. The number of esters is 1. The largest absolute Gasteiger partial charge is 0.466 e. The molecule has 9 nitrogen and oxygen atoms in total. The van der Waals surface area contributed by atoms with Crippen LogP contribution in [0.4, 0.5) is 16.4 Å². The van der Waals surface area contributed by atoms with E-state index in [1.807, 2.05) is 31.2 Å². The van der Waals surface area contributed by atoms with Crippen LogP contribution in [0.5, 0.6) is 0 Å². The Balaban J connectivity index is 1.32. The number of carbonyl (C=O) groups is 2. The van der Waals surface area contributed by atoms with Crippen LogP contribution < -0.4 is 16.0 Å². The van der Waals surface area contributed by atoms with Crippen LogP contribution >= 0.6 is 11.3 Å². The van der Waals surface area contributed by atoms with E-state index in [1.165, 1.54) is 11.3 Å². The van der Waals surface area contributed by atoms with Gasteiger partial charge in [-0.1, -0.05) is 6.07 Å². The van der Waals surface area contributed by atoms with Crippen molar-refractivity contribution in [1.29, 1.82) is 0 Å². The number of nitrogens with one attached hydrogen (secondary N) is 3. The summed E-state index contributed by atoms with van der Waals surface area (Å²) in [6.45, 7) is 2.99. The van der Waals surface area contributed by atoms with Gasteiger partial charge in [0.15, 0.2) is 0 Å². The van der Waals surface area contributed by atoms with Crippen molar-refractivity contribution in [3.8, 4) is 10.6 Å². The second kappa shape index (κ2) is 11.0. The number of hydrogen-bond donors (Lipinski definition) is 3. The molecule has 3 aromatic heterocycles. The van der Waals surface area contributed by atoms with Crippen LogP contribution in [0, 0.1) is 5.92 Å². The number of nitrogens with zero attached hydrogens (tertiary/aromatic N) is 3. The maximum atomic E-state index is 12.4. The van der Waals surface area contributed by atoms with Crippen molar-refractivity contribution in [3.63, 3.8) is 0 Å². The molecule has 2 unspecified atom stereocenters. The molecule has 4 heterocycles. The molecule has 2 amide bonds. The Kier molecular flexibility index (Phi) is 7.59. The van der Waals surface area contributed by atoms with E-state index in [2.05, 4.69) is 30.9 Å². The number of hydrogen-bond acceptors (Lipinski definition) is 8. The summed E-state index contributed by atoms with van der Waals surface area (Å²) in [5.74, 6) is 0.709. The SMILES string of the molecule is CCOC(=O)C1CCNC(Cc2cccc(NC(=O)Nc3csc(-c4ccncc4)n3)n2)C1. The van der Waals surface area contributed by atoms with Gasteiger partial charge < -0.3 is 10.1 Å². The third kappa shape index (κ3) is 6.33. The maximum Gasteiger partial charge on any atom is 0.326 e. The van der Waals surface area contributed by atoms with Gasteiger partial charge in [0, 0.05) is 41.5 Å². The quantitative estimate of drug-likeness (QED) is 0.454. The molecule has 0 aromatic carbocycles. The number of carbonyl (C=O) groups excluding carboxylic acids is 2. The molecule has 10 heteroatoms. The Hall–Kier alpha value is -3.37. The Morgan fingerprint density at radius 1 is 1.15 bits per heavy atom. The van der Waals surface area contributed by atoms with Crippen LogP contribution in [0.2, 0.25) is 0 Å². The van der Waals surface area contributed by atoms with Crippen LogP contribution in [0.1, 0.15) is 25.5 Å². The second-order valence-electron chi connectivity index (χ2n) is 7.70. The Labute approximate surface area is 196 Å². The summed E-state index contributed by atoms with van der Waals surface area (Å²) in [6, 6.07) is 8.97. The lowest BCUT2D eigenvalue weighted by molar-refractivity contribution is -0.149. The lowest BCUT2D eigenvalue weighted by atomic mass is 9.90. The first-order valence-corrected chi connectivity index (χ1v) is 11.8. The first-order chi connectivity index (χ1) is 16.1. The highest BCUT2D eigenvalue weighted by Gasteiger charge is 2.28. The highest BCUT2D eigenvalue weighted by molar-refractivity contribution is 7.13. The fourth-order valence-corrected chi connectivity index (χ4v) is 4.53. The topological polar surface area (TPSA) is 118 Å². The molecule has 172 valence electrons. The van der Waals surface area contributed by atoms with E-state index in [0.717, 1.165) is 29.2 Å². The minimum Gasteiger partial charge on any atom is -0.466 e. The number of thiazole rings is 1. The van der Waals surface area contributed by atoms with Crippen molar-refractivity contribution in [2.45, 2.75) is 32.2 Å². The normalized spacial score (nSPS) is 17.8. The predicted molar refractivity (Wildman–Crippen MR) is 127 cm³/mol. The lowest BCUT2D eigenvalue weighted by Gasteiger charge is -2.29. The van der Waals surface area contributed by atoms with E-state index >= 15 is 0 Å². The second-order valence-corrected chi connectivity index (χ2v) is 8.55. The molecule has 33 heavy (non-hydrogen) atoms. The lowest BCUT2D eigenvalue weighted by Crippen LogP contribution is -2.42. The van der Waals surface area contributed by atoms with E-state index in [4.69, 9.17) is 4.74 Å². The minimum absolute atomic E-state index is 0.0848. The van der Waals surface area contributed by atoms with Crippen molar-refractivity contribution in [1.82, 2.24) is 20.3 Å². The van der Waals surface area contributed by atoms with Gasteiger partial charge in [0.2, 0.25) is 0 Å². The molecule has 0 radical (unpaired) electrons. The highest BCUT2D eigenvalue weighted by atomic mass is 32.1. The number of anilines is 2. The highest BCUT2D eigenvalue weighted by Crippen LogP contribution is 2.25. The fraction of sp³-hybridized carbons (Fsp3) is 0.348. The first kappa shape index (κ1) is 22.8. The third-order valence-corrected chi connectivity index (χ3v) is 6.18. The molecule has 2 atom stereocenters. The number of ether oxygens (including phenoxy) is 1. The number of piperidine rings is 1. The van der Waals surface area contributed by atoms with Crippen LogP contribution in [0.25, 0.3) is 10.6 Å². The van der Waals surface area contributed by atoms with Crippen LogP contribution in [-0.4, -0.2) is 46.1 Å². The average molecular weight is 467 g/mol. The summed E-state index contributed by atoms with van der Waals surface area (Å²) in [6.07, 6.45) is 5.56. The van der Waals surface area contributed by atoms with Crippen molar-refractivity contribution >= 4 is 35.0 Å². The van der Waals surface area contributed by atoms with E-state index in [0.29, 0.717) is 31.1 Å². The standard InChI is InChI=1S/C23H26N6O3S/c1-2-32-22(30)16-8-11-25-18(12-16)13-17-4-3-5-19(26-17)28-23(31)29-20-14-33-21(27-20)15-6-9-24-10-7-15/h3-7,9-10,14,16,18,25H,2,8,11-13H2,1H3,(H2,26,28,29,31). The molecule has 3 N–H and O–H groups in total. The molecular weight excluding hydrogens is 440 g/mol. The van der Waals surface area contributed by atoms with Crippen LogP contribution in [-0.2, 0) is 16.0 Å². The monoisotopic (exact) mass is 466 g/mol. The van der Waals surface area contributed by atoms with Gasteiger partial charge in [-0.15, -0.1) is 11.3 Å². The molecule has 0 aliphatic carbocycles. The predicted octanol–water partition coefficient (Wildman–Crippen LogP) is 3.72. The van der Waals surface area contributed by atoms with E-state index in [-0.39, 0.29) is 17.9 Å². The van der Waals surface area contributed by atoms with Crippen LogP contribution in [0.15, 0.2) is 48.1 Å². The zero-order valence-electron chi connectivity index (χ0n) is 18.3. The third-order valence-electron chi connectivity index (χ3n) is 5.29. The molecule has 0 bridgehead atoms. The van der Waals surface area contributed by atoms with Crippen molar-refractivity contribution < 1.29 is 14.3 Å². The first-order valence-electron chi connectivity index (χ1n) is 10.9. The summed E-state index contributed by atoms with van der Waals surface area (Å²) in [7, 11) is 0. The van der Waals surface area contributed by atoms with Gasteiger partial charge in [-0.2, -0.15) is 0 Å². The summed E-state index contributed by atoms with van der Waals surface area (Å²) in [4.78, 5) is 37.5. The summed E-state index contributed by atoms with van der Waals surface area (Å²) in [5, 5.41) is 11.5. The van der Waals surface area contributed by atoms with Crippen molar-refractivity contribution in [3.05, 3.63) is 53.8 Å². The smallest absolute Gasteiger partial charge is 0.326 e. The Morgan fingerprint density at radius 3 is 2.79 bits per heavy atom. The fourth-order valence-electron chi connectivity index (χ4n) is 3.77. The molecule has 3 aromatic rings. The molecule has 0 saturated carbocycles. The Bertz CT molecular complexity index is 1090.